The summed E-state index contributed by atoms with van der Waals surface area (Å²) in [5.74, 6) is 0. The molecule has 18 heavy (non-hydrogen) atoms. The topological polar surface area (TPSA) is 17.6 Å². The van der Waals surface area contributed by atoms with Gasteiger partial charge in [-0.2, -0.15) is 9.13 Å². The zero-order valence-electron chi connectivity index (χ0n) is 10.6. The third-order valence-corrected chi connectivity index (χ3v) is 2.98. The molecule has 0 unspecified atom stereocenters. The fourth-order valence-electron chi connectivity index (χ4n) is 2.09. The summed E-state index contributed by atoms with van der Waals surface area (Å²) in [6.45, 7) is 0. The smallest absolute Gasteiger partial charge is 0.239 e. The van der Waals surface area contributed by atoms with Crippen LogP contribution in [-0.4, -0.2) is 9.13 Å². The molecule has 90 valence electrons. The Morgan fingerprint density at radius 1 is 0.778 bits per heavy atom. The van der Waals surface area contributed by atoms with Crippen LogP contribution in [0.2, 0.25) is 0 Å². The summed E-state index contributed by atoms with van der Waals surface area (Å²) in [4.78, 5) is 0. The van der Waals surface area contributed by atoms with Crippen molar-refractivity contribution in [3.05, 3.63) is 61.7 Å². The van der Waals surface area contributed by atoms with Crippen molar-refractivity contribution in [3.63, 3.8) is 0 Å². The number of nitrogens with zero attached hydrogens (tertiary/aromatic N) is 4. The summed E-state index contributed by atoms with van der Waals surface area (Å²) in [5.41, 5.74) is 2.32. The van der Waals surface area contributed by atoms with Crippen molar-refractivity contribution >= 4 is 0 Å². The maximum Gasteiger partial charge on any atom is 0.248 e. The summed E-state index contributed by atoms with van der Waals surface area (Å²) < 4.78 is 8.31. The average molecular weight is 240 g/mol. The van der Waals surface area contributed by atoms with Crippen LogP contribution in [0.3, 0.4) is 0 Å². The van der Waals surface area contributed by atoms with E-state index in [4.69, 9.17) is 0 Å². The molecule has 0 fully saturated rings. The molecule has 0 aliphatic rings. The summed E-state index contributed by atoms with van der Waals surface area (Å²) in [6, 6.07) is 8.36. The molecule has 0 saturated heterocycles. The Balaban J connectivity index is 2.16. The van der Waals surface area contributed by atoms with Crippen molar-refractivity contribution in [2.75, 3.05) is 0 Å². The second-order valence-corrected chi connectivity index (χ2v) is 4.46. The number of imidazole rings is 2. The van der Waals surface area contributed by atoms with Crippen LogP contribution in [-0.2, 0) is 14.1 Å². The molecule has 0 saturated carbocycles. The second kappa shape index (κ2) is 4.14. The minimum Gasteiger partial charge on any atom is -0.239 e. The van der Waals surface area contributed by atoms with Crippen molar-refractivity contribution < 1.29 is 9.13 Å². The van der Waals surface area contributed by atoms with E-state index in [1.807, 2.05) is 35.6 Å². The molecule has 0 atom stereocenters. The van der Waals surface area contributed by atoms with E-state index >= 15 is 0 Å². The SMILES string of the molecule is C[n+]1ccn(-c2ccccc2-n2cc[n+](C)c2)c1. The minimum atomic E-state index is 1.16. The van der Waals surface area contributed by atoms with Gasteiger partial charge in [0.25, 0.3) is 0 Å². The molecule has 4 heteroatoms. The summed E-state index contributed by atoms with van der Waals surface area (Å²) in [7, 11) is 4.05. The average Bonchev–Trinajstić information content (AvgIpc) is 2.98. The van der Waals surface area contributed by atoms with Gasteiger partial charge in [0.2, 0.25) is 12.7 Å². The van der Waals surface area contributed by atoms with Gasteiger partial charge in [0.05, 0.1) is 14.1 Å². The first-order chi connectivity index (χ1) is 8.74. The predicted molar refractivity (Wildman–Crippen MR) is 67.4 cm³/mol. The molecule has 1 aromatic carbocycles. The van der Waals surface area contributed by atoms with Crippen LogP contribution < -0.4 is 9.13 Å². The maximum absolute atomic E-state index is 2.12. The van der Waals surface area contributed by atoms with E-state index in [0.29, 0.717) is 0 Å². The summed E-state index contributed by atoms with van der Waals surface area (Å²) in [5, 5.41) is 0. The van der Waals surface area contributed by atoms with Crippen LogP contribution in [0.1, 0.15) is 0 Å². The van der Waals surface area contributed by atoms with E-state index < -0.39 is 0 Å². The third kappa shape index (κ3) is 1.82. The van der Waals surface area contributed by atoms with Crippen molar-refractivity contribution in [2.24, 2.45) is 14.1 Å². The second-order valence-electron chi connectivity index (χ2n) is 4.46. The lowest BCUT2D eigenvalue weighted by Crippen LogP contribution is -2.24. The maximum atomic E-state index is 2.12. The molecule has 2 aromatic heterocycles. The van der Waals surface area contributed by atoms with E-state index in [1.54, 1.807) is 0 Å². The highest BCUT2D eigenvalue weighted by Gasteiger charge is 2.15. The highest BCUT2D eigenvalue weighted by Crippen LogP contribution is 2.17. The lowest BCUT2D eigenvalue weighted by atomic mass is 10.2. The number of aromatic nitrogens is 4. The monoisotopic (exact) mass is 240 g/mol. The van der Waals surface area contributed by atoms with Crippen LogP contribution in [0, 0.1) is 0 Å². The molecular weight excluding hydrogens is 224 g/mol. The summed E-state index contributed by atoms with van der Waals surface area (Å²) >= 11 is 0. The first-order valence-electron chi connectivity index (χ1n) is 5.90. The van der Waals surface area contributed by atoms with Crippen LogP contribution in [0.4, 0.5) is 0 Å². The van der Waals surface area contributed by atoms with Gasteiger partial charge in [-0.1, -0.05) is 12.1 Å². The Bertz CT molecular complexity index is 619. The number of para-hydroxylation sites is 2. The molecule has 3 rings (SSSR count). The molecule has 0 radical (unpaired) electrons. The molecule has 2 heterocycles. The van der Waals surface area contributed by atoms with E-state index in [-0.39, 0.29) is 0 Å². The lowest BCUT2D eigenvalue weighted by Gasteiger charge is -2.01. The normalized spacial score (nSPS) is 10.8. The van der Waals surface area contributed by atoms with E-state index in [0.717, 1.165) is 11.4 Å². The molecule has 0 N–H and O–H groups in total. The summed E-state index contributed by atoms with van der Waals surface area (Å²) in [6.07, 6.45) is 12.3. The first kappa shape index (κ1) is 10.8. The molecular formula is C14H16N4+2. The number of benzene rings is 1. The first-order valence-corrected chi connectivity index (χ1v) is 5.90. The largest absolute Gasteiger partial charge is 0.248 e. The Morgan fingerprint density at radius 3 is 1.56 bits per heavy atom. The molecule has 4 nitrogen and oxygen atoms in total. The Hall–Kier alpha value is -2.36. The van der Waals surface area contributed by atoms with Gasteiger partial charge in [0.15, 0.2) is 11.4 Å². The van der Waals surface area contributed by atoms with Gasteiger partial charge < -0.3 is 0 Å². The fourth-order valence-corrected chi connectivity index (χ4v) is 2.09. The lowest BCUT2D eigenvalue weighted by molar-refractivity contribution is -0.670. The van der Waals surface area contributed by atoms with Crippen molar-refractivity contribution in [1.29, 1.82) is 0 Å². The van der Waals surface area contributed by atoms with Crippen molar-refractivity contribution in [1.82, 2.24) is 9.13 Å². The zero-order valence-corrected chi connectivity index (χ0v) is 10.6. The van der Waals surface area contributed by atoms with Gasteiger partial charge in [-0.25, -0.2) is 9.13 Å². The van der Waals surface area contributed by atoms with Crippen LogP contribution in [0.5, 0.6) is 0 Å². The molecule has 0 spiro atoms. The standard InChI is InChI=1S/C14H16N4/c1-15-7-9-17(11-15)13-5-3-4-6-14(13)18-10-8-16(2)12-18/h3-12H,1-2H3/q+2. The van der Waals surface area contributed by atoms with Crippen molar-refractivity contribution in [3.8, 4) is 11.4 Å². The van der Waals surface area contributed by atoms with Gasteiger partial charge in [0.1, 0.15) is 24.8 Å². The van der Waals surface area contributed by atoms with Gasteiger partial charge >= 0.3 is 0 Å². The van der Waals surface area contributed by atoms with E-state index in [2.05, 4.69) is 58.4 Å². The number of hydrogen-bond acceptors (Lipinski definition) is 0. The quantitative estimate of drug-likeness (QED) is 0.593. The highest BCUT2D eigenvalue weighted by molar-refractivity contribution is 5.51. The number of aryl methyl sites for hydroxylation is 2. The fraction of sp³-hybridized carbons (Fsp3) is 0.143. The highest BCUT2D eigenvalue weighted by atomic mass is 15.1. The van der Waals surface area contributed by atoms with Gasteiger partial charge in [-0.05, 0) is 12.1 Å². The Morgan fingerprint density at radius 2 is 1.22 bits per heavy atom. The zero-order chi connectivity index (χ0) is 12.5. The van der Waals surface area contributed by atoms with Crippen LogP contribution in [0.25, 0.3) is 11.4 Å². The van der Waals surface area contributed by atoms with Crippen LogP contribution >= 0.6 is 0 Å². The number of rotatable bonds is 2. The Labute approximate surface area is 106 Å². The number of hydrogen-bond donors (Lipinski definition) is 0. The molecule has 3 aromatic rings. The third-order valence-electron chi connectivity index (χ3n) is 2.98. The molecule has 0 bridgehead atoms. The van der Waals surface area contributed by atoms with E-state index in [9.17, 15) is 0 Å². The van der Waals surface area contributed by atoms with Crippen LogP contribution in [0.15, 0.2) is 61.7 Å². The Kier molecular flexibility index (Phi) is 2.48. The van der Waals surface area contributed by atoms with Gasteiger partial charge in [0, 0.05) is 0 Å². The molecule has 0 aliphatic carbocycles. The van der Waals surface area contributed by atoms with E-state index in [1.165, 1.54) is 0 Å². The van der Waals surface area contributed by atoms with Gasteiger partial charge in [-0.3, -0.25) is 0 Å². The van der Waals surface area contributed by atoms with Crippen molar-refractivity contribution in [2.45, 2.75) is 0 Å². The molecule has 0 aliphatic heterocycles. The predicted octanol–water partition coefficient (Wildman–Crippen LogP) is 0.917. The van der Waals surface area contributed by atoms with Gasteiger partial charge in [-0.15, -0.1) is 0 Å². The minimum absolute atomic E-state index is 1.16. The molecule has 0 amide bonds.